The Hall–Kier alpha value is -3.04. The number of sulfonamides is 1. The summed E-state index contributed by atoms with van der Waals surface area (Å²) >= 11 is 1.29. The first-order valence-corrected chi connectivity index (χ1v) is 11.7. The Morgan fingerprint density at radius 3 is 2.60 bits per heavy atom. The van der Waals surface area contributed by atoms with Crippen molar-refractivity contribution in [2.24, 2.45) is 0 Å². The monoisotopic (exact) mass is 439 g/mol. The van der Waals surface area contributed by atoms with Gasteiger partial charge in [0, 0.05) is 22.5 Å². The van der Waals surface area contributed by atoms with E-state index in [1.807, 2.05) is 36.6 Å². The zero-order chi connectivity index (χ0) is 21.0. The fraction of sp³-hybridized carbons (Fsp3) is 0.190. The van der Waals surface area contributed by atoms with Crippen molar-refractivity contribution in [2.75, 3.05) is 5.32 Å². The van der Waals surface area contributed by atoms with Gasteiger partial charge in [-0.1, -0.05) is 29.8 Å². The van der Waals surface area contributed by atoms with Crippen molar-refractivity contribution in [3.63, 3.8) is 0 Å². The van der Waals surface area contributed by atoms with E-state index in [2.05, 4.69) is 10.3 Å². The number of anilines is 1. The number of hydrogen-bond donors (Lipinski definition) is 1. The molecular weight excluding hydrogens is 422 g/mol. The molecular formula is C21H17N3O4S2. The van der Waals surface area contributed by atoms with Crippen LogP contribution in [0.15, 0.2) is 52.7 Å². The van der Waals surface area contributed by atoms with Gasteiger partial charge in [-0.15, -0.1) is 11.3 Å². The van der Waals surface area contributed by atoms with Crippen LogP contribution in [-0.4, -0.2) is 35.6 Å². The highest BCUT2D eigenvalue weighted by Gasteiger charge is 2.48. The summed E-state index contributed by atoms with van der Waals surface area (Å²) in [5.74, 6) is -0.989. The third-order valence-corrected chi connectivity index (χ3v) is 7.79. The van der Waals surface area contributed by atoms with Crippen LogP contribution < -0.4 is 5.32 Å². The van der Waals surface area contributed by atoms with E-state index in [4.69, 9.17) is 0 Å². The maximum absolute atomic E-state index is 12.8. The SMILES string of the molecule is Cc1ccc(-c2csc(NC(=O)c3ccc4c(c3)S(=O)(=O)N(C3CC3)C4=O)n2)cc1. The molecule has 3 aromatic rings. The van der Waals surface area contributed by atoms with Crippen LogP contribution in [0.3, 0.4) is 0 Å². The van der Waals surface area contributed by atoms with Crippen molar-refractivity contribution in [1.29, 1.82) is 0 Å². The minimum Gasteiger partial charge on any atom is -0.298 e. The number of rotatable bonds is 4. The van der Waals surface area contributed by atoms with Crippen LogP contribution in [0.1, 0.15) is 39.1 Å². The van der Waals surface area contributed by atoms with Gasteiger partial charge in [0.15, 0.2) is 5.13 Å². The normalized spacial score (nSPS) is 17.1. The summed E-state index contributed by atoms with van der Waals surface area (Å²) in [7, 11) is -3.91. The van der Waals surface area contributed by atoms with Crippen LogP contribution in [0.2, 0.25) is 0 Å². The van der Waals surface area contributed by atoms with Crippen molar-refractivity contribution >= 4 is 38.3 Å². The highest BCUT2D eigenvalue weighted by Crippen LogP contribution is 2.39. The molecule has 5 rings (SSSR count). The van der Waals surface area contributed by atoms with Gasteiger partial charge in [-0.3, -0.25) is 14.9 Å². The molecule has 1 fully saturated rings. The van der Waals surface area contributed by atoms with E-state index in [0.29, 0.717) is 18.0 Å². The maximum atomic E-state index is 12.8. The minimum atomic E-state index is -3.91. The van der Waals surface area contributed by atoms with Gasteiger partial charge in [-0.05, 0) is 38.0 Å². The molecule has 0 saturated heterocycles. The zero-order valence-corrected chi connectivity index (χ0v) is 17.6. The lowest BCUT2D eigenvalue weighted by Gasteiger charge is -2.13. The van der Waals surface area contributed by atoms with Crippen molar-refractivity contribution in [2.45, 2.75) is 30.7 Å². The first-order valence-electron chi connectivity index (χ1n) is 9.41. The van der Waals surface area contributed by atoms with Crippen molar-refractivity contribution in [3.8, 4) is 11.3 Å². The van der Waals surface area contributed by atoms with Gasteiger partial charge in [-0.25, -0.2) is 17.7 Å². The van der Waals surface area contributed by atoms with E-state index >= 15 is 0 Å². The smallest absolute Gasteiger partial charge is 0.269 e. The van der Waals surface area contributed by atoms with Gasteiger partial charge >= 0.3 is 0 Å². The Morgan fingerprint density at radius 2 is 1.90 bits per heavy atom. The zero-order valence-electron chi connectivity index (χ0n) is 16.0. The first-order chi connectivity index (χ1) is 14.3. The fourth-order valence-corrected chi connectivity index (χ4v) is 5.97. The average molecular weight is 440 g/mol. The third-order valence-electron chi connectivity index (χ3n) is 5.16. The van der Waals surface area contributed by atoms with E-state index in [9.17, 15) is 18.0 Å². The lowest BCUT2D eigenvalue weighted by Crippen LogP contribution is -2.31. The molecule has 1 aliphatic heterocycles. The van der Waals surface area contributed by atoms with E-state index in [0.717, 1.165) is 21.1 Å². The standard InChI is InChI=1S/C21H17N3O4S2/c1-12-2-4-13(5-3-12)17-11-29-21(22-17)23-19(25)14-6-9-16-18(10-14)30(27,28)24(20(16)26)15-7-8-15/h2-6,9-11,15H,7-8H2,1H3,(H,22,23,25). The molecule has 9 heteroatoms. The van der Waals surface area contributed by atoms with E-state index < -0.39 is 21.8 Å². The summed E-state index contributed by atoms with van der Waals surface area (Å²) < 4.78 is 26.5. The molecule has 1 aromatic heterocycles. The Morgan fingerprint density at radius 1 is 1.17 bits per heavy atom. The van der Waals surface area contributed by atoms with Crippen molar-refractivity contribution < 1.29 is 18.0 Å². The van der Waals surface area contributed by atoms with Crippen molar-refractivity contribution in [1.82, 2.24) is 9.29 Å². The number of hydrogen-bond acceptors (Lipinski definition) is 6. The molecule has 2 heterocycles. The Balaban J connectivity index is 1.39. The number of aromatic nitrogens is 1. The number of benzene rings is 2. The topological polar surface area (TPSA) is 96.4 Å². The van der Waals surface area contributed by atoms with Gasteiger partial charge in [0.25, 0.3) is 21.8 Å². The van der Waals surface area contributed by atoms with Gasteiger partial charge in [0.1, 0.15) is 4.90 Å². The molecule has 7 nitrogen and oxygen atoms in total. The van der Waals surface area contributed by atoms with E-state index in [1.165, 1.54) is 29.5 Å². The molecule has 152 valence electrons. The molecule has 2 aromatic carbocycles. The molecule has 0 unspecified atom stereocenters. The van der Waals surface area contributed by atoms with Crippen LogP contribution in [0.4, 0.5) is 5.13 Å². The fourth-order valence-electron chi connectivity index (χ4n) is 3.42. The van der Waals surface area contributed by atoms with Crippen LogP contribution in [0.25, 0.3) is 11.3 Å². The van der Waals surface area contributed by atoms with Crippen molar-refractivity contribution in [3.05, 3.63) is 64.5 Å². The molecule has 1 saturated carbocycles. The van der Waals surface area contributed by atoms with E-state index in [-0.39, 0.29) is 22.1 Å². The first kappa shape index (κ1) is 19.0. The second-order valence-electron chi connectivity index (χ2n) is 7.41. The highest BCUT2D eigenvalue weighted by atomic mass is 32.2. The molecule has 0 bridgehead atoms. The quantitative estimate of drug-likeness (QED) is 0.669. The maximum Gasteiger partial charge on any atom is 0.269 e. The number of nitrogens with zero attached hydrogens (tertiary/aromatic N) is 2. The van der Waals surface area contributed by atoms with Gasteiger partial charge in [-0.2, -0.15) is 0 Å². The Bertz CT molecular complexity index is 1290. The van der Waals surface area contributed by atoms with Gasteiger partial charge < -0.3 is 0 Å². The number of carbonyl (C=O) groups is 2. The number of nitrogens with one attached hydrogen (secondary N) is 1. The number of fused-ring (bicyclic) bond motifs is 1. The molecule has 1 aliphatic carbocycles. The number of aryl methyl sites for hydroxylation is 1. The average Bonchev–Trinajstić information content (AvgIpc) is 3.40. The Labute approximate surface area is 177 Å². The third kappa shape index (κ3) is 3.10. The number of amides is 2. The second-order valence-corrected chi connectivity index (χ2v) is 10.0. The molecule has 1 N–H and O–H groups in total. The predicted octanol–water partition coefficient (Wildman–Crippen LogP) is 3.68. The predicted molar refractivity (Wildman–Crippen MR) is 113 cm³/mol. The Kier molecular flexibility index (Phi) is 4.26. The summed E-state index contributed by atoms with van der Waals surface area (Å²) in [5.41, 5.74) is 3.12. The lowest BCUT2D eigenvalue weighted by atomic mass is 10.1. The summed E-state index contributed by atoms with van der Waals surface area (Å²) in [5, 5.41) is 4.97. The van der Waals surface area contributed by atoms with Crippen LogP contribution in [0, 0.1) is 6.92 Å². The largest absolute Gasteiger partial charge is 0.298 e. The molecule has 0 radical (unpaired) electrons. The molecule has 0 spiro atoms. The van der Waals surface area contributed by atoms with Crippen LogP contribution >= 0.6 is 11.3 Å². The minimum absolute atomic E-state index is 0.105. The summed E-state index contributed by atoms with van der Waals surface area (Å²) in [6.07, 6.45) is 1.36. The summed E-state index contributed by atoms with van der Waals surface area (Å²) in [4.78, 5) is 29.5. The van der Waals surface area contributed by atoms with Gasteiger partial charge in [0.05, 0.1) is 11.3 Å². The molecule has 2 aliphatic rings. The van der Waals surface area contributed by atoms with E-state index in [1.54, 1.807) is 0 Å². The van der Waals surface area contributed by atoms with Gasteiger partial charge in [0.2, 0.25) is 0 Å². The van der Waals surface area contributed by atoms with Crippen LogP contribution in [0.5, 0.6) is 0 Å². The second kappa shape index (κ2) is 6.75. The molecule has 2 amide bonds. The number of thiazole rings is 1. The summed E-state index contributed by atoms with van der Waals surface area (Å²) in [6, 6.07) is 11.8. The number of carbonyl (C=O) groups excluding carboxylic acids is 2. The molecule has 30 heavy (non-hydrogen) atoms. The molecule has 0 atom stereocenters. The summed E-state index contributed by atoms with van der Waals surface area (Å²) in [6.45, 7) is 2.00. The highest BCUT2D eigenvalue weighted by molar-refractivity contribution is 7.90. The van der Waals surface area contributed by atoms with Crippen LogP contribution in [-0.2, 0) is 10.0 Å². The lowest BCUT2D eigenvalue weighted by molar-refractivity contribution is 0.0864.